The molecule has 0 bridgehead atoms. The van der Waals surface area contributed by atoms with Gasteiger partial charge in [-0.3, -0.25) is 4.79 Å². The van der Waals surface area contributed by atoms with Crippen LogP contribution in [0.4, 0.5) is 0 Å². The Kier molecular flexibility index (Phi) is 11.6. The molecule has 0 radical (unpaired) electrons. The van der Waals surface area contributed by atoms with Crippen molar-refractivity contribution < 1.29 is 9.53 Å². The minimum atomic E-state index is 0. The molecule has 4 nitrogen and oxygen atoms in total. The van der Waals surface area contributed by atoms with Crippen molar-refractivity contribution in [2.24, 2.45) is 11.7 Å². The number of carbonyl (C=O) groups is 1. The average Bonchev–Trinajstić information content (AvgIpc) is 2.12. The summed E-state index contributed by atoms with van der Waals surface area (Å²) < 4.78 is 4.96. The highest BCUT2D eigenvalue weighted by molar-refractivity contribution is 5.85. The Morgan fingerprint density at radius 2 is 2.07 bits per heavy atom. The highest BCUT2D eigenvalue weighted by Crippen LogP contribution is 1.95. The van der Waals surface area contributed by atoms with Crippen LogP contribution in [0.5, 0.6) is 0 Å². The maximum atomic E-state index is 11.2. The zero-order valence-electron chi connectivity index (χ0n) is 9.79. The van der Waals surface area contributed by atoms with Gasteiger partial charge in [0.2, 0.25) is 5.91 Å². The predicted octanol–water partition coefficient (Wildman–Crippen LogP) is 0.934. The Bertz CT molecular complexity index is 166. The van der Waals surface area contributed by atoms with Gasteiger partial charge in [0.15, 0.2) is 0 Å². The minimum absolute atomic E-state index is 0. The number of nitrogens with one attached hydrogen (secondary N) is 1. The summed E-state index contributed by atoms with van der Waals surface area (Å²) in [6.07, 6.45) is 1.25. The summed E-state index contributed by atoms with van der Waals surface area (Å²) in [6, 6.07) is 0.0946. The third-order valence-corrected chi connectivity index (χ3v) is 1.93. The summed E-state index contributed by atoms with van der Waals surface area (Å²) in [5, 5.41) is 2.85. The topological polar surface area (TPSA) is 64.3 Å². The summed E-state index contributed by atoms with van der Waals surface area (Å²) in [5.41, 5.74) is 5.54. The third-order valence-electron chi connectivity index (χ3n) is 1.93. The SMILES string of the molecule is COCC(C)CNC(=O)CCC(C)N.Cl. The number of carbonyl (C=O) groups excluding carboxylic acids is 1. The quantitative estimate of drug-likeness (QED) is 0.694. The molecular weight excluding hydrogens is 216 g/mol. The molecule has 0 aromatic heterocycles. The Hall–Kier alpha value is -0.320. The summed E-state index contributed by atoms with van der Waals surface area (Å²) in [7, 11) is 1.66. The number of amides is 1. The van der Waals surface area contributed by atoms with E-state index in [-0.39, 0.29) is 24.4 Å². The van der Waals surface area contributed by atoms with Crippen LogP contribution in [0.1, 0.15) is 26.7 Å². The molecule has 1 amide bonds. The van der Waals surface area contributed by atoms with Gasteiger partial charge in [-0.15, -0.1) is 12.4 Å². The van der Waals surface area contributed by atoms with Crippen molar-refractivity contribution in [2.45, 2.75) is 32.7 Å². The zero-order valence-corrected chi connectivity index (χ0v) is 10.6. The Morgan fingerprint density at radius 3 is 2.53 bits per heavy atom. The van der Waals surface area contributed by atoms with Crippen LogP contribution in [0.15, 0.2) is 0 Å². The smallest absolute Gasteiger partial charge is 0.220 e. The van der Waals surface area contributed by atoms with E-state index in [1.165, 1.54) is 0 Å². The molecule has 5 heteroatoms. The fraction of sp³-hybridized carbons (Fsp3) is 0.900. The second-order valence-electron chi connectivity index (χ2n) is 3.88. The third kappa shape index (κ3) is 11.6. The molecule has 3 N–H and O–H groups in total. The maximum absolute atomic E-state index is 11.2. The first-order valence-corrected chi connectivity index (χ1v) is 5.07. The van der Waals surface area contributed by atoms with Crippen molar-refractivity contribution in [2.75, 3.05) is 20.3 Å². The molecule has 2 unspecified atom stereocenters. The van der Waals surface area contributed by atoms with Gasteiger partial charge in [-0.05, 0) is 19.3 Å². The molecule has 0 aromatic rings. The molecule has 0 rings (SSSR count). The van der Waals surface area contributed by atoms with Gasteiger partial charge in [0, 0.05) is 26.1 Å². The average molecular weight is 239 g/mol. The molecule has 0 saturated carbocycles. The molecule has 0 aliphatic rings. The summed E-state index contributed by atoms with van der Waals surface area (Å²) in [4.78, 5) is 11.2. The molecule has 0 heterocycles. The van der Waals surface area contributed by atoms with E-state index in [0.717, 1.165) is 6.42 Å². The van der Waals surface area contributed by atoms with E-state index in [1.54, 1.807) is 7.11 Å². The molecule has 0 fully saturated rings. The number of nitrogens with two attached hydrogens (primary N) is 1. The van der Waals surface area contributed by atoms with Gasteiger partial charge >= 0.3 is 0 Å². The van der Waals surface area contributed by atoms with Crippen LogP contribution >= 0.6 is 12.4 Å². The van der Waals surface area contributed by atoms with E-state index in [9.17, 15) is 4.79 Å². The number of rotatable bonds is 7. The van der Waals surface area contributed by atoms with E-state index >= 15 is 0 Å². The van der Waals surface area contributed by atoms with Crippen LogP contribution in [0.25, 0.3) is 0 Å². The van der Waals surface area contributed by atoms with Crippen molar-refractivity contribution >= 4 is 18.3 Å². The zero-order chi connectivity index (χ0) is 11.0. The Morgan fingerprint density at radius 1 is 1.47 bits per heavy atom. The molecule has 0 spiro atoms. The van der Waals surface area contributed by atoms with Crippen molar-refractivity contribution in [1.29, 1.82) is 0 Å². The van der Waals surface area contributed by atoms with Crippen LogP contribution < -0.4 is 11.1 Å². The highest BCUT2D eigenvalue weighted by atomic mass is 35.5. The standard InChI is InChI=1S/C10H22N2O2.ClH/c1-8(7-14-3)6-12-10(13)5-4-9(2)11;/h8-9H,4-7,11H2,1-3H3,(H,12,13);1H. The predicted molar refractivity (Wildman–Crippen MR) is 64.2 cm³/mol. The van der Waals surface area contributed by atoms with Gasteiger partial charge < -0.3 is 15.8 Å². The molecule has 15 heavy (non-hydrogen) atoms. The molecule has 0 aliphatic carbocycles. The first kappa shape index (κ1) is 17.1. The van der Waals surface area contributed by atoms with Gasteiger partial charge in [-0.2, -0.15) is 0 Å². The van der Waals surface area contributed by atoms with Gasteiger partial charge in [-0.1, -0.05) is 6.92 Å². The lowest BCUT2D eigenvalue weighted by Gasteiger charge is -2.11. The normalized spacial score (nSPS) is 13.9. The van der Waals surface area contributed by atoms with Gasteiger partial charge in [-0.25, -0.2) is 0 Å². The number of ether oxygens (including phenoxy) is 1. The van der Waals surface area contributed by atoms with Crippen LogP contribution in [0.3, 0.4) is 0 Å². The molecular formula is C10H23ClN2O2. The number of hydrogen-bond acceptors (Lipinski definition) is 3. The molecule has 0 aromatic carbocycles. The summed E-state index contributed by atoms with van der Waals surface area (Å²) in [5.74, 6) is 0.435. The second kappa shape index (κ2) is 10.2. The molecule has 92 valence electrons. The monoisotopic (exact) mass is 238 g/mol. The van der Waals surface area contributed by atoms with Crippen molar-refractivity contribution in [3.05, 3.63) is 0 Å². The Labute approximate surface area is 98.3 Å². The van der Waals surface area contributed by atoms with E-state index in [0.29, 0.717) is 25.5 Å². The number of hydrogen-bond donors (Lipinski definition) is 2. The van der Waals surface area contributed by atoms with Crippen LogP contribution in [-0.2, 0) is 9.53 Å². The van der Waals surface area contributed by atoms with E-state index in [4.69, 9.17) is 10.5 Å². The highest BCUT2D eigenvalue weighted by Gasteiger charge is 2.05. The van der Waals surface area contributed by atoms with Gasteiger partial charge in [0.1, 0.15) is 0 Å². The summed E-state index contributed by atoms with van der Waals surface area (Å²) in [6.45, 7) is 5.29. The van der Waals surface area contributed by atoms with Crippen LogP contribution in [0.2, 0.25) is 0 Å². The lowest BCUT2D eigenvalue weighted by atomic mass is 10.1. The van der Waals surface area contributed by atoms with Crippen molar-refractivity contribution in [1.82, 2.24) is 5.32 Å². The molecule has 2 atom stereocenters. The fourth-order valence-electron chi connectivity index (χ4n) is 1.08. The van der Waals surface area contributed by atoms with Crippen LogP contribution in [0, 0.1) is 5.92 Å². The molecule has 0 aliphatic heterocycles. The first-order valence-electron chi connectivity index (χ1n) is 5.07. The molecule has 0 saturated heterocycles. The number of halogens is 1. The van der Waals surface area contributed by atoms with Crippen molar-refractivity contribution in [3.8, 4) is 0 Å². The van der Waals surface area contributed by atoms with E-state index in [2.05, 4.69) is 5.32 Å². The van der Waals surface area contributed by atoms with Gasteiger partial charge in [0.25, 0.3) is 0 Å². The Balaban J connectivity index is 0. The maximum Gasteiger partial charge on any atom is 0.220 e. The van der Waals surface area contributed by atoms with Crippen LogP contribution in [-0.4, -0.2) is 32.2 Å². The largest absolute Gasteiger partial charge is 0.384 e. The van der Waals surface area contributed by atoms with E-state index < -0.39 is 0 Å². The lowest BCUT2D eigenvalue weighted by molar-refractivity contribution is -0.121. The van der Waals surface area contributed by atoms with Gasteiger partial charge in [0.05, 0.1) is 6.61 Å². The fourth-order valence-corrected chi connectivity index (χ4v) is 1.08. The van der Waals surface area contributed by atoms with Crippen molar-refractivity contribution in [3.63, 3.8) is 0 Å². The second-order valence-corrected chi connectivity index (χ2v) is 3.88. The minimum Gasteiger partial charge on any atom is -0.384 e. The lowest BCUT2D eigenvalue weighted by Crippen LogP contribution is -2.30. The summed E-state index contributed by atoms with van der Waals surface area (Å²) >= 11 is 0. The van der Waals surface area contributed by atoms with E-state index in [1.807, 2.05) is 13.8 Å². The first-order chi connectivity index (χ1) is 6.56. The number of methoxy groups -OCH3 is 1.